The first-order valence-electron chi connectivity index (χ1n) is 7.23. The number of piperidine rings is 1. The van der Waals surface area contributed by atoms with Crippen LogP contribution in [0.15, 0.2) is 0 Å². The summed E-state index contributed by atoms with van der Waals surface area (Å²) >= 11 is 1.78. The van der Waals surface area contributed by atoms with Gasteiger partial charge in [-0.25, -0.2) is 4.98 Å². The molecule has 0 saturated carbocycles. The van der Waals surface area contributed by atoms with E-state index in [0.717, 1.165) is 31.1 Å². The van der Waals surface area contributed by atoms with Crippen molar-refractivity contribution in [1.82, 2.24) is 9.88 Å². The summed E-state index contributed by atoms with van der Waals surface area (Å²) in [5.41, 5.74) is 1.30. The van der Waals surface area contributed by atoms with Crippen LogP contribution in [0, 0.1) is 25.2 Å². The predicted molar refractivity (Wildman–Crippen MR) is 80.5 cm³/mol. The maximum absolute atomic E-state index is 9.81. The molecule has 4 heteroatoms. The number of hydrogen-bond donors (Lipinski definition) is 1. The third-order valence-corrected chi connectivity index (χ3v) is 5.53. The Balaban J connectivity index is 2.07. The Hall–Kier alpha value is -0.450. The van der Waals surface area contributed by atoms with E-state index in [1.54, 1.807) is 11.3 Å². The molecule has 0 radical (unpaired) electrons. The second kappa shape index (κ2) is 5.90. The largest absolute Gasteiger partial charge is 0.396 e. The minimum atomic E-state index is 0.0806. The molecule has 0 amide bonds. The maximum Gasteiger partial charge on any atom is 0.0900 e. The molecule has 3 nitrogen and oxygen atoms in total. The molecule has 1 aromatic rings. The lowest BCUT2D eigenvalue weighted by Crippen LogP contribution is -2.48. The first-order chi connectivity index (χ1) is 8.97. The van der Waals surface area contributed by atoms with Crippen LogP contribution in [0.25, 0.3) is 0 Å². The molecule has 0 bridgehead atoms. The van der Waals surface area contributed by atoms with Gasteiger partial charge in [0.1, 0.15) is 0 Å². The van der Waals surface area contributed by atoms with Crippen LogP contribution in [0.2, 0.25) is 0 Å². The summed E-state index contributed by atoms with van der Waals surface area (Å²) < 4.78 is 0. The molecular weight excluding hydrogens is 256 g/mol. The number of aryl methyl sites for hydroxylation is 2. The lowest BCUT2D eigenvalue weighted by atomic mass is 9.72. The van der Waals surface area contributed by atoms with Gasteiger partial charge in [0.25, 0.3) is 0 Å². The van der Waals surface area contributed by atoms with Crippen molar-refractivity contribution in [3.63, 3.8) is 0 Å². The topological polar surface area (TPSA) is 36.4 Å². The van der Waals surface area contributed by atoms with Gasteiger partial charge in [-0.05, 0) is 39.2 Å². The Labute approximate surface area is 120 Å². The van der Waals surface area contributed by atoms with Gasteiger partial charge in [0.2, 0.25) is 0 Å². The van der Waals surface area contributed by atoms with Crippen molar-refractivity contribution >= 4 is 11.3 Å². The zero-order chi connectivity index (χ0) is 14.0. The van der Waals surface area contributed by atoms with Gasteiger partial charge in [-0.15, -0.1) is 11.3 Å². The van der Waals surface area contributed by atoms with Crippen molar-refractivity contribution in [1.29, 1.82) is 0 Å². The number of aliphatic hydroxyl groups excluding tert-OH is 1. The second-order valence-corrected chi connectivity index (χ2v) is 7.63. The molecule has 0 aromatic carbocycles. The summed E-state index contributed by atoms with van der Waals surface area (Å²) in [5, 5.41) is 11.0. The lowest BCUT2D eigenvalue weighted by molar-refractivity contribution is -0.00625. The van der Waals surface area contributed by atoms with Crippen molar-refractivity contribution in [3.05, 3.63) is 15.6 Å². The van der Waals surface area contributed by atoms with Gasteiger partial charge in [0, 0.05) is 23.4 Å². The molecule has 108 valence electrons. The summed E-state index contributed by atoms with van der Waals surface area (Å²) in [5.74, 6) is 0.526. The Morgan fingerprint density at radius 2 is 2.16 bits per heavy atom. The summed E-state index contributed by atoms with van der Waals surface area (Å²) in [6, 6.07) is 0. The van der Waals surface area contributed by atoms with E-state index >= 15 is 0 Å². The fourth-order valence-corrected chi connectivity index (χ4v) is 3.93. The summed E-state index contributed by atoms with van der Waals surface area (Å²) in [7, 11) is 0. The van der Waals surface area contributed by atoms with Crippen molar-refractivity contribution in [2.24, 2.45) is 11.3 Å². The molecule has 1 fully saturated rings. The first-order valence-corrected chi connectivity index (χ1v) is 8.04. The number of hydrogen-bond acceptors (Lipinski definition) is 4. The van der Waals surface area contributed by atoms with Gasteiger partial charge in [-0.2, -0.15) is 0 Å². The van der Waals surface area contributed by atoms with E-state index in [0.29, 0.717) is 12.5 Å². The quantitative estimate of drug-likeness (QED) is 0.922. The molecule has 2 rings (SSSR count). The summed E-state index contributed by atoms with van der Waals surface area (Å²) in [4.78, 5) is 8.45. The number of likely N-dealkylation sites (tertiary alicyclic amines) is 1. The van der Waals surface area contributed by atoms with Gasteiger partial charge in [-0.1, -0.05) is 13.8 Å². The van der Waals surface area contributed by atoms with Crippen LogP contribution >= 0.6 is 11.3 Å². The Bertz CT molecular complexity index is 430. The average molecular weight is 282 g/mol. The van der Waals surface area contributed by atoms with Crippen LogP contribution in [0.1, 0.15) is 42.3 Å². The molecule has 0 aliphatic carbocycles. The average Bonchev–Trinajstić information content (AvgIpc) is 2.67. The molecule has 1 aliphatic heterocycles. The third kappa shape index (κ3) is 3.18. The van der Waals surface area contributed by atoms with E-state index in [9.17, 15) is 5.11 Å². The fourth-order valence-electron chi connectivity index (χ4n) is 3.11. The van der Waals surface area contributed by atoms with Crippen LogP contribution in [0.5, 0.6) is 0 Å². The van der Waals surface area contributed by atoms with E-state index in [2.05, 4.69) is 37.6 Å². The van der Waals surface area contributed by atoms with E-state index in [1.807, 2.05) is 0 Å². The highest BCUT2D eigenvalue weighted by Crippen LogP contribution is 2.37. The highest BCUT2D eigenvalue weighted by atomic mass is 32.1. The molecule has 0 spiro atoms. The number of nitrogens with zero attached hydrogens (tertiary/aromatic N) is 2. The monoisotopic (exact) mass is 282 g/mol. The number of aromatic nitrogens is 1. The molecule has 2 heterocycles. The first kappa shape index (κ1) is 14.9. The Morgan fingerprint density at radius 1 is 1.42 bits per heavy atom. The van der Waals surface area contributed by atoms with Crippen LogP contribution in [0.4, 0.5) is 0 Å². The van der Waals surface area contributed by atoms with E-state index < -0.39 is 0 Å². The summed E-state index contributed by atoms with van der Waals surface area (Å²) in [6.07, 6.45) is 2.33. The van der Waals surface area contributed by atoms with Gasteiger partial charge < -0.3 is 5.11 Å². The van der Waals surface area contributed by atoms with Gasteiger partial charge in [-0.3, -0.25) is 4.90 Å². The molecule has 1 N–H and O–H groups in total. The maximum atomic E-state index is 9.81. The van der Waals surface area contributed by atoms with Crippen molar-refractivity contribution in [2.75, 3.05) is 19.7 Å². The van der Waals surface area contributed by atoms with Gasteiger partial charge in [0.05, 0.1) is 17.3 Å². The van der Waals surface area contributed by atoms with Gasteiger partial charge in [0.15, 0.2) is 0 Å². The molecular formula is C15H26N2OS. The Kier molecular flexibility index (Phi) is 4.64. The molecule has 1 atom stereocenters. The fraction of sp³-hybridized carbons (Fsp3) is 0.800. The highest BCUT2D eigenvalue weighted by Gasteiger charge is 2.37. The molecule has 19 heavy (non-hydrogen) atoms. The van der Waals surface area contributed by atoms with E-state index in [1.165, 1.54) is 17.0 Å². The zero-order valence-corrected chi connectivity index (χ0v) is 13.4. The van der Waals surface area contributed by atoms with Crippen LogP contribution in [-0.2, 0) is 6.54 Å². The van der Waals surface area contributed by atoms with Crippen LogP contribution in [-0.4, -0.2) is 34.7 Å². The SMILES string of the molecule is Cc1nc(CN2CCCC(CO)(C(C)C)C2)c(C)s1. The smallest absolute Gasteiger partial charge is 0.0900 e. The molecule has 1 unspecified atom stereocenters. The van der Waals surface area contributed by atoms with Gasteiger partial charge >= 0.3 is 0 Å². The minimum absolute atomic E-state index is 0.0806. The number of aliphatic hydroxyl groups is 1. The van der Waals surface area contributed by atoms with E-state index in [4.69, 9.17) is 0 Å². The van der Waals surface area contributed by atoms with E-state index in [-0.39, 0.29) is 5.41 Å². The predicted octanol–water partition coefficient (Wildman–Crippen LogP) is 2.99. The normalized spacial score (nSPS) is 25.2. The number of thiazole rings is 1. The van der Waals surface area contributed by atoms with Crippen molar-refractivity contribution in [2.45, 2.75) is 47.1 Å². The Morgan fingerprint density at radius 3 is 2.68 bits per heavy atom. The highest BCUT2D eigenvalue weighted by molar-refractivity contribution is 7.11. The number of rotatable bonds is 4. The molecule has 1 aromatic heterocycles. The molecule has 1 aliphatic rings. The van der Waals surface area contributed by atoms with Crippen molar-refractivity contribution in [3.8, 4) is 0 Å². The summed E-state index contributed by atoms with van der Waals surface area (Å²) in [6.45, 7) is 12.1. The third-order valence-electron chi connectivity index (χ3n) is 4.60. The lowest BCUT2D eigenvalue weighted by Gasteiger charge is -2.44. The zero-order valence-electron chi connectivity index (χ0n) is 12.6. The minimum Gasteiger partial charge on any atom is -0.396 e. The standard InChI is InChI=1S/C15H26N2OS/c1-11(2)15(10-18)6-5-7-17(9-15)8-14-12(3)19-13(4)16-14/h11,18H,5-10H2,1-4H3. The van der Waals surface area contributed by atoms with Crippen LogP contribution in [0.3, 0.4) is 0 Å². The van der Waals surface area contributed by atoms with Crippen molar-refractivity contribution < 1.29 is 5.11 Å². The second-order valence-electron chi connectivity index (χ2n) is 6.23. The van der Waals surface area contributed by atoms with Crippen LogP contribution < -0.4 is 0 Å². The molecule has 1 saturated heterocycles.